The molecule has 0 spiro atoms. The molecule has 0 aliphatic rings. The molecule has 30 heavy (non-hydrogen) atoms. The van der Waals surface area contributed by atoms with Crippen LogP contribution in [0.2, 0.25) is 10.6 Å². The van der Waals surface area contributed by atoms with Crippen LogP contribution in [0.4, 0.5) is 0 Å². The van der Waals surface area contributed by atoms with Crippen molar-refractivity contribution in [2.45, 2.75) is 114 Å². The summed E-state index contributed by atoms with van der Waals surface area (Å²) in [5.74, 6) is -0.0792. The summed E-state index contributed by atoms with van der Waals surface area (Å²) < 4.78 is 0. The first-order valence-corrected chi connectivity index (χ1v) is 18.6. The number of hydrogen-bond donors (Lipinski definition) is 4. The SMILES string of the molecule is CCCCCCCCNC(=O)C(N)C[Se][Se]CC(N)C(=O)NCCCCCCCC. The quantitative estimate of drug-likeness (QED) is 0.129. The molecule has 0 aromatic rings. The van der Waals surface area contributed by atoms with Crippen LogP contribution in [-0.2, 0) is 9.59 Å². The van der Waals surface area contributed by atoms with Gasteiger partial charge < -0.3 is 0 Å². The Morgan fingerprint density at radius 2 is 0.967 bits per heavy atom. The second-order valence-corrected chi connectivity index (χ2v) is 15.4. The van der Waals surface area contributed by atoms with Gasteiger partial charge in [-0.25, -0.2) is 0 Å². The summed E-state index contributed by atoms with van der Waals surface area (Å²) in [6, 6.07) is -0.852. The minimum atomic E-state index is -0.426. The van der Waals surface area contributed by atoms with Gasteiger partial charge in [0.1, 0.15) is 0 Å². The Kier molecular flexibility index (Phi) is 22.0. The molecule has 0 saturated carbocycles. The van der Waals surface area contributed by atoms with Crippen LogP contribution in [0.3, 0.4) is 0 Å². The van der Waals surface area contributed by atoms with Crippen molar-refractivity contribution in [1.82, 2.24) is 10.6 Å². The van der Waals surface area contributed by atoms with Crippen molar-refractivity contribution in [1.29, 1.82) is 0 Å². The van der Waals surface area contributed by atoms with Gasteiger partial charge in [0.25, 0.3) is 0 Å². The Labute approximate surface area is 196 Å². The molecule has 2 amide bonds. The van der Waals surface area contributed by atoms with Crippen LogP contribution in [0.1, 0.15) is 90.9 Å². The normalized spacial score (nSPS) is 13.1. The zero-order valence-corrected chi connectivity index (χ0v) is 22.7. The predicted octanol–water partition coefficient (Wildman–Crippen LogP) is 2.75. The maximum absolute atomic E-state index is 12.0. The van der Waals surface area contributed by atoms with E-state index in [9.17, 15) is 9.59 Å². The zero-order chi connectivity index (χ0) is 22.5. The molecule has 0 saturated heterocycles. The number of nitrogens with one attached hydrogen (secondary N) is 2. The molecule has 2 atom stereocenters. The fourth-order valence-electron chi connectivity index (χ4n) is 2.89. The molecule has 0 aliphatic heterocycles. The van der Waals surface area contributed by atoms with Gasteiger partial charge in [-0.2, -0.15) is 0 Å². The molecule has 0 rings (SSSR count). The third-order valence-corrected chi connectivity index (χ3v) is 12.1. The van der Waals surface area contributed by atoms with Crippen molar-refractivity contribution < 1.29 is 9.59 Å². The van der Waals surface area contributed by atoms with Gasteiger partial charge in [-0.1, -0.05) is 0 Å². The van der Waals surface area contributed by atoms with Gasteiger partial charge in [0, 0.05) is 0 Å². The van der Waals surface area contributed by atoms with E-state index in [1.165, 1.54) is 64.2 Å². The molecule has 0 radical (unpaired) electrons. The standard InChI is InChI=1S/C22H46N4O2Se2/c1-3-5-7-9-11-13-15-25-21(27)19(23)17-29-30-18-20(24)22(28)26-16-14-12-10-8-6-4-2/h19-20H,3-18,23-24H2,1-2H3,(H,25,27)(H,26,28). The molecular formula is C22H46N4O2Se2. The number of nitrogens with two attached hydrogens (primary N) is 2. The average molecular weight is 557 g/mol. The average Bonchev–Trinajstić information content (AvgIpc) is 2.74. The van der Waals surface area contributed by atoms with Crippen LogP contribution < -0.4 is 22.1 Å². The predicted molar refractivity (Wildman–Crippen MR) is 130 cm³/mol. The van der Waals surface area contributed by atoms with Gasteiger partial charge in [0.15, 0.2) is 0 Å². The van der Waals surface area contributed by atoms with Crippen LogP contribution in [0.25, 0.3) is 0 Å². The first kappa shape index (κ1) is 29.9. The molecule has 0 aliphatic carbocycles. The van der Waals surface area contributed by atoms with E-state index < -0.39 is 12.1 Å². The molecule has 178 valence electrons. The number of rotatable bonds is 21. The molecule has 0 fully saturated rings. The van der Waals surface area contributed by atoms with Crippen molar-refractivity contribution in [2.75, 3.05) is 13.1 Å². The van der Waals surface area contributed by atoms with Crippen LogP contribution in [0.5, 0.6) is 0 Å². The number of carbonyl (C=O) groups excluding carboxylic acids is 2. The van der Waals surface area contributed by atoms with Gasteiger partial charge in [0.2, 0.25) is 0 Å². The van der Waals surface area contributed by atoms with Gasteiger partial charge in [-0.05, 0) is 0 Å². The summed E-state index contributed by atoms with van der Waals surface area (Å²) in [5, 5.41) is 7.35. The van der Waals surface area contributed by atoms with E-state index in [-0.39, 0.29) is 11.8 Å². The summed E-state index contributed by atoms with van der Waals surface area (Å²) in [4.78, 5) is 24.1. The molecule has 6 nitrogen and oxygen atoms in total. The number of carbonyl (C=O) groups is 2. The van der Waals surface area contributed by atoms with Crippen LogP contribution in [0.15, 0.2) is 0 Å². The summed E-state index contributed by atoms with van der Waals surface area (Å²) in [5.41, 5.74) is 12.0. The Morgan fingerprint density at radius 3 is 1.33 bits per heavy atom. The van der Waals surface area contributed by atoms with E-state index in [1.54, 1.807) is 0 Å². The van der Waals surface area contributed by atoms with Gasteiger partial charge in [-0.3, -0.25) is 0 Å². The van der Waals surface area contributed by atoms with E-state index in [0.29, 0.717) is 26.3 Å². The van der Waals surface area contributed by atoms with Gasteiger partial charge >= 0.3 is 196 Å². The summed E-state index contributed by atoms with van der Waals surface area (Å²) in [6.45, 7) is 5.87. The van der Waals surface area contributed by atoms with Crippen molar-refractivity contribution in [3.63, 3.8) is 0 Å². The topological polar surface area (TPSA) is 110 Å². The van der Waals surface area contributed by atoms with Crippen molar-refractivity contribution >= 4 is 38.1 Å². The second-order valence-electron chi connectivity index (χ2n) is 7.90. The molecule has 2 unspecified atom stereocenters. The number of amides is 2. The second kappa shape index (κ2) is 22.1. The maximum atomic E-state index is 12.0. The molecular weight excluding hydrogens is 510 g/mol. The van der Waals surface area contributed by atoms with E-state index in [0.717, 1.165) is 36.6 Å². The monoisotopic (exact) mass is 558 g/mol. The Balaban J connectivity index is 3.62. The van der Waals surface area contributed by atoms with Gasteiger partial charge in [-0.15, -0.1) is 0 Å². The number of hydrogen-bond acceptors (Lipinski definition) is 4. The van der Waals surface area contributed by atoms with Crippen molar-refractivity contribution in [2.24, 2.45) is 11.5 Å². The molecule has 6 N–H and O–H groups in total. The Morgan fingerprint density at radius 1 is 0.633 bits per heavy atom. The molecule has 0 bridgehead atoms. The molecule has 8 heteroatoms. The van der Waals surface area contributed by atoms with E-state index in [2.05, 4.69) is 24.5 Å². The fraction of sp³-hybridized carbons (Fsp3) is 0.909. The van der Waals surface area contributed by atoms with E-state index in [4.69, 9.17) is 11.5 Å². The van der Waals surface area contributed by atoms with Crippen molar-refractivity contribution in [3.05, 3.63) is 0 Å². The first-order valence-electron chi connectivity index (χ1n) is 11.8. The van der Waals surface area contributed by atoms with E-state index in [1.807, 2.05) is 0 Å². The Hall–Kier alpha value is -0.101. The number of unbranched alkanes of at least 4 members (excludes halogenated alkanes) is 10. The molecule has 0 aromatic carbocycles. The van der Waals surface area contributed by atoms with Crippen LogP contribution in [0, 0.1) is 0 Å². The van der Waals surface area contributed by atoms with Crippen LogP contribution >= 0.6 is 0 Å². The summed E-state index contributed by atoms with van der Waals surface area (Å²) in [6.07, 6.45) is 14.6. The third-order valence-electron chi connectivity index (χ3n) is 4.91. The van der Waals surface area contributed by atoms with Gasteiger partial charge in [0.05, 0.1) is 0 Å². The Bertz CT molecular complexity index is 390. The molecule has 0 aromatic heterocycles. The van der Waals surface area contributed by atoms with Crippen LogP contribution in [-0.4, -0.2) is 63.3 Å². The minimum absolute atomic E-state index is 0.0396. The zero-order valence-electron chi connectivity index (χ0n) is 19.3. The molecule has 0 heterocycles. The summed E-state index contributed by atoms with van der Waals surface area (Å²) >= 11 is 0.585. The fourth-order valence-corrected chi connectivity index (χ4v) is 9.84. The third kappa shape index (κ3) is 18.7. The van der Waals surface area contributed by atoms with E-state index >= 15 is 0 Å². The van der Waals surface area contributed by atoms with Crippen molar-refractivity contribution in [3.8, 4) is 0 Å². The first-order chi connectivity index (χ1) is 14.5. The summed E-state index contributed by atoms with van der Waals surface area (Å²) in [7, 11) is 0.